The van der Waals surface area contributed by atoms with Crippen LogP contribution in [-0.4, -0.2) is 14.2 Å². The van der Waals surface area contributed by atoms with Gasteiger partial charge in [-0.3, -0.25) is 0 Å². The summed E-state index contributed by atoms with van der Waals surface area (Å²) >= 11 is 0. The van der Waals surface area contributed by atoms with Crippen molar-refractivity contribution in [2.24, 2.45) is 5.41 Å². The molecule has 104 valence electrons. The van der Waals surface area contributed by atoms with Crippen molar-refractivity contribution >= 4 is 9.84 Å². The summed E-state index contributed by atoms with van der Waals surface area (Å²) in [5.41, 5.74) is 1.61. The summed E-state index contributed by atoms with van der Waals surface area (Å²) in [6.07, 6.45) is 1.10. The van der Waals surface area contributed by atoms with Gasteiger partial charge in [0.1, 0.15) is 0 Å². The Kier molecular flexibility index (Phi) is 4.75. The molecule has 0 radical (unpaired) electrons. The SMILES string of the molecule is Cc1ccc(S(=O)(=O)CCCC(C)(C)C#N)cc1C. The predicted molar refractivity (Wildman–Crippen MR) is 76.6 cm³/mol. The second-order valence-corrected chi connectivity index (χ2v) is 7.77. The molecular formula is C15H21NO2S. The molecule has 0 atom stereocenters. The number of benzene rings is 1. The van der Waals surface area contributed by atoms with Crippen molar-refractivity contribution in [2.75, 3.05) is 5.75 Å². The lowest BCUT2D eigenvalue weighted by molar-refractivity contribution is 0.445. The Morgan fingerprint density at radius 3 is 2.37 bits per heavy atom. The minimum atomic E-state index is -3.24. The molecule has 0 unspecified atom stereocenters. The molecule has 0 aliphatic rings. The Balaban J connectivity index is 2.77. The van der Waals surface area contributed by atoms with E-state index in [1.54, 1.807) is 12.1 Å². The topological polar surface area (TPSA) is 57.9 Å². The van der Waals surface area contributed by atoms with E-state index in [9.17, 15) is 8.42 Å². The molecule has 0 bridgehead atoms. The van der Waals surface area contributed by atoms with Crippen LogP contribution in [0.15, 0.2) is 23.1 Å². The minimum absolute atomic E-state index is 0.0978. The maximum absolute atomic E-state index is 12.2. The van der Waals surface area contributed by atoms with Gasteiger partial charge in [-0.1, -0.05) is 6.07 Å². The summed E-state index contributed by atoms with van der Waals surface area (Å²) in [6, 6.07) is 7.41. The molecule has 0 fully saturated rings. The van der Waals surface area contributed by atoms with Crippen LogP contribution in [0, 0.1) is 30.6 Å². The number of hydrogen-bond donors (Lipinski definition) is 0. The summed E-state index contributed by atoms with van der Waals surface area (Å²) in [7, 11) is -3.24. The number of nitriles is 1. The van der Waals surface area contributed by atoms with Crippen molar-refractivity contribution in [3.8, 4) is 6.07 Å². The van der Waals surface area contributed by atoms with Crippen LogP contribution >= 0.6 is 0 Å². The average Bonchev–Trinajstić information content (AvgIpc) is 2.32. The first-order valence-electron chi connectivity index (χ1n) is 6.39. The summed E-state index contributed by atoms with van der Waals surface area (Å²) in [6.45, 7) is 7.53. The van der Waals surface area contributed by atoms with Gasteiger partial charge >= 0.3 is 0 Å². The zero-order valence-corrected chi connectivity index (χ0v) is 12.8. The molecule has 0 spiro atoms. The van der Waals surface area contributed by atoms with Crippen LogP contribution in [0.1, 0.15) is 37.8 Å². The lowest BCUT2D eigenvalue weighted by atomic mass is 9.90. The van der Waals surface area contributed by atoms with Crippen LogP contribution in [0.5, 0.6) is 0 Å². The van der Waals surface area contributed by atoms with Crippen molar-refractivity contribution in [3.05, 3.63) is 29.3 Å². The van der Waals surface area contributed by atoms with E-state index in [0.29, 0.717) is 17.7 Å². The van der Waals surface area contributed by atoms with Gasteiger partial charge in [0, 0.05) is 0 Å². The average molecular weight is 279 g/mol. The largest absolute Gasteiger partial charge is 0.224 e. The zero-order chi connectivity index (χ0) is 14.7. The summed E-state index contributed by atoms with van der Waals surface area (Å²) < 4.78 is 24.4. The number of sulfone groups is 1. The van der Waals surface area contributed by atoms with E-state index in [0.717, 1.165) is 11.1 Å². The number of nitrogens with zero attached hydrogens (tertiary/aromatic N) is 1. The van der Waals surface area contributed by atoms with Gasteiger partial charge in [-0.25, -0.2) is 8.42 Å². The molecule has 0 aliphatic heterocycles. The van der Waals surface area contributed by atoms with Gasteiger partial charge in [0.25, 0.3) is 0 Å². The van der Waals surface area contributed by atoms with Crippen molar-refractivity contribution in [3.63, 3.8) is 0 Å². The Hall–Kier alpha value is -1.34. The van der Waals surface area contributed by atoms with Crippen LogP contribution < -0.4 is 0 Å². The van der Waals surface area contributed by atoms with Gasteiger partial charge < -0.3 is 0 Å². The molecule has 0 saturated carbocycles. The van der Waals surface area contributed by atoms with Crippen molar-refractivity contribution in [1.82, 2.24) is 0 Å². The monoisotopic (exact) mass is 279 g/mol. The first kappa shape index (κ1) is 15.7. The van der Waals surface area contributed by atoms with Gasteiger partial charge in [-0.2, -0.15) is 5.26 Å². The molecule has 0 aromatic heterocycles. The molecule has 0 saturated heterocycles. The third kappa shape index (κ3) is 4.36. The second-order valence-electron chi connectivity index (χ2n) is 5.66. The van der Waals surface area contributed by atoms with E-state index in [2.05, 4.69) is 6.07 Å². The minimum Gasteiger partial charge on any atom is -0.224 e. The molecule has 3 nitrogen and oxygen atoms in total. The third-order valence-corrected chi connectivity index (χ3v) is 5.15. The smallest absolute Gasteiger partial charge is 0.178 e. The molecular weight excluding hydrogens is 258 g/mol. The molecule has 19 heavy (non-hydrogen) atoms. The summed E-state index contributed by atoms with van der Waals surface area (Å²) in [5, 5.41) is 8.91. The number of rotatable bonds is 5. The Morgan fingerprint density at radius 1 is 1.21 bits per heavy atom. The van der Waals surface area contributed by atoms with Crippen molar-refractivity contribution < 1.29 is 8.42 Å². The first-order chi connectivity index (χ1) is 8.68. The normalized spacial score (nSPS) is 12.2. The standard InChI is InChI=1S/C15H21NO2S/c1-12-6-7-14(10-13(12)2)19(17,18)9-5-8-15(3,4)11-16/h6-7,10H,5,8-9H2,1-4H3. The fourth-order valence-corrected chi connectivity index (χ4v) is 3.18. The lowest BCUT2D eigenvalue weighted by Crippen LogP contribution is -2.13. The highest BCUT2D eigenvalue weighted by atomic mass is 32.2. The van der Waals surface area contributed by atoms with Gasteiger partial charge in [0.2, 0.25) is 0 Å². The van der Waals surface area contributed by atoms with E-state index in [4.69, 9.17) is 5.26 Å². The van der Waals surface area contributed by atoms with E-state index >= 15 is 0 Å². The lowest BCUT2D eigenvalue weighted by Gasteiger charge is -2.14. The van der Waals surface area contributed by atoms with Crippen LogP contribution in [0.25, 0.3) is 0 Å². The van der Waals surface area contributed by atoms with E-state index in [-0.39, 0.29) is 5.75 Å². The summed E-state index contributed by atoms with van der Waals surface area (Å²) in [5.74, 6) is 0.0978. The predicted octanol–water partition coefficient (Wildman–Crippen LogP) is 3.41. The molecule has 4 heteroatoms. The fourth-order valence-electron chi connectivity index (χ4n) is 1.79. The number of aryl methyl sites for hydroxylation is 2. The third-order valence-electron chi connectivity index (χ3n) is 3.35. The Bertz CT molecular complexity index is 595. The first-order valence-corrected chi connectivity index (χ1v) is 8.04. The van der Waals surface area contributed by atoms with E-state index in [1.165, 1.54) is 0 Å². The molecule has 1 aromatic carbocycles. The van der Waals surface area contributed by atoms with Gasteiger partial charge in [0.05, 0.1) is 22.1 Å². The highest BCUT2D eigenvalue weighted by molar-refractivity contribution is 7.91. The zero-order valence-electron chi connectivity index (χ0n) is 12.0. The molecule has 1 rings (SSSR count). The van der Waals surface area contributed by atoms with E-state index < -0.39 is 15.3 Å². The maximum Gasteiger partial charge on any atom is 0.178 e. The highest BCUT2D eigenvalue weighted by Gasteiger charge is 2.20. The maximum atomic E-state index is 12.2. The van der Waals surface area contributed by atoms with Crippen LogP contribution in [0.4, 0.5) is 0 Å². The fraction of sp³-hybridized carbons (Fsp3) is 0.533. The van der Waals surface area contributed by atoms with Crippen LogP contribution in [0.2, 0.25) is 0 Å². The molecule has 0 heterocycles. The van der Waals surface area contributed by atoms with Crippen molar-refractivity contribution in [1.29, 1.82) is 5.26 Å². The van der Waals surface area contributed by atoms with Gasteiger partial charge in [-0.15, -0.1) is 0 Å². The van der Waals surface area contributed by atoms with Gasteiger partial charge in [0.15, 0.2) is 9.84 Å². The Labute approximate surface area is 116 Å². The molecule has 0 amide bonds. The second kappa shape index (κ2) is 5.75. The number of hydrogen-bond acceptors (Lipinski definition) is 3. The summed E-state index contributed by atoms with van der Waals surface area (Å²) in [4.78, 5) is 0.380. The highest BCUT2D eigenvalue weighted by Crippen LogP contribution is 2.23. The van der Waals surface area contributed by atoms with Crippen LogP contribution in [-0.2, 0) is 9.84 Å². The molecule has 0 N–H and O–H groups in total. The quantitative estimate of drug-likeness (QED) is 0.830. The van der Waals surface area contributed by atoms with E-state index in [1.807, 2.05) is 33.8 Å². The van der Waals surface area contributed by atoms with Crippen molar-refractivity contribution in [2.45, 2.75) is 45.4 Å². The molecule has 0 aliphatic carbocycles. The van der Waals surface area contributed by atoms with Crippen LogP contribution in [0.3, 0.4) is 0 Å². The molecule has 1 aromatic rings. The van der Waals surface area contributed by atoms with Gasteiger partial charge in [-0.05, 0) is 63.8 Å². The Morgan fingerprint density at radius 2 is 1.84 bits per heavy atom.